The molecule has 0 aromatic heterocycles. The summed E-state index contributed by atoms with van der Waals surface area (Å²) in [6, 6.07) is 9.37. The summed E-state index contributed by atoms with van der Waals surface area (Å²) >= 11 is 11.9. The number of anilines is 1. The van der Waals surface area contributed by atoms with Crippen LogP contribution in [0.4, 0.5) is 11.4 Å². The van der Waals surface area contributed by atoms with Crippen molar-refractivity contribution in [1.82, 2.24) is 0 Å². The molecule has 0 N–H and O–H groups in total. The van der Waals surface area contributed by atoms with Crippen LogP contribution in [-0.2, 0) is 11.3 Å². The predicted molar refractivity (Wildman–Crippen MR) is 109 cm³/mol. The number of esters is 1. The highest BCUT2D eigenvalue weighted by atomic mass is 35.5. The number of hydrogen-bond acceptors (Lipinski definition) is 5. The summed E-state index contributed by atoms with van der Waals surface area (Å²) in [7, 11) is 0. The Labute approximate surface area is 173 Å². The second kappa shape index (κ2) is 9.26. The summed E-state index contributed by atoms with van der Waals surface area (Å²) < 4.78 is 5.27. The minimum absolute atomic E-state index is 0.0451. The fourth-order valence-electron chi connectivity index (χ4n) is 3.24. The third kappa shape index (κ3) is 4.94. The number of ether oxygens (including phenoxy) is 1. The van der Waals surface area contributed by atoms with Crippen molar-refractivity contribution in [3.63, 3.8) is 0 Å². The molecule has 0 saturated carbocycles. The van der Waals surface area contributed by atoms with Crippen LogP contribution >= 0.6 is 23.2 Å². The Balaban J connectivity index is 1.76. The molecule has 0 atom stereocenters. The van der Waals surface area contributed by atoms with Gasteiger partial charge in [-0.2, -0.15) is 0 Å². The van der Waals surface area contributed by atoms with Crippen molar-refractivity contribution in [2.24, 2.45) is 0 Å². The Hall–Kier alpha value is -2.31. The van der Waals surface area contributed by atoms with E-state index in [0.717, 1.165) is 38.8 Å². The minimum atomic E-state index is -0.642. The van der Waals surface area contributed by atoms with Crippen LogP contribution in [0.5, 0.6) is 0 Å². The molecular formula is C20H20Cl2N2O4. The molecule has 0 radical (unpaired) electrons. The topological polar surface area (TPSA) is 72.7 Å². The molecule has 28 heavy (non-hydrogen) atoms. The van der Waals surface area contributed by atoms with E-state index >= 15 is 0 Å². The highest BCUT2D eigenvalue weighted by Gasteiger charge is 2.23. The summed E-state index contributed by atoms with van der Waals surface area (Å²) in [5.41, 5.74) is 1.20. The van der Waals surface area contributed by atoms with Gasteiger partial charge < -0.3 is 9.64 Å². The lowest BCUT2D eigenvalue weighted by Crippen LogP contribution is -2.24. The van der Waals surface area contributed by atoms with E-state index in [4.69, 9.17) is 27.9 Å². The van der Waals surface area contributed by atoms with E-state index < -0.39 is 10.9 Å². The zero-order valence-corrected chi connectivity index (χ0v) is 16.7. The van der Waals surface area contributed by atoms with Gasteiger partial charge in [-0.25, -0.2) is 4.79 Å². The van der Waals surface area contributed by atoms with E-state index in [1.807, 2.05) is 4.90 Å². The van der Waals surface area contributed by atoms with Gasteiger partial charge in [0, 0.05) is 34.8 Å². The molecule has 0 amide bonds. The van der Waals surface area contributed by atoms with Crippen molar-refractivity contribution < 1.29 is 14.5 Å². The normalized spacial score (nSPS) is 14.4. The Kier molecular flexibility index (Phi) is 6.75. The fourth-order valence-corrected chi connectivity index (χ4v) is 3.70. The molecule has 1 heterocycles. The molecule has 2 aromatic carbocycles. The molecule has 148 valence electrons. The van der Waals surface area contributed by atoms with Crippen molar-refractivity contribution in [2.75, 3.05) is 18.0 Å². The van der Waals surface area contributed by atoms with Crippen LogP contribution in [0.2, 0.25) is 10.0 Å². The lowest BCUT2D eigenvalue weighted by Gasteiger charge is -2.22. The summed E-state index contributed by atoms with van der Waals surface area (Å²) in [6.45, 7) is 1.51. The number of nitro groups is 1. The molecule has 1 saturated heterocycles. The number of rotatable bonds is 5. The quantitative estimate of drug-likeness (QED) is 0.354. The molecule has 1 aliphatic rings. The summed E-state index contributed by atoms with van der Waals surface area (Å²) in [6.07, 6.45) is 4.26. The first-order chi connectivity index (χ1) is 13.5. The van der Waals surface area contributed by atoms with Crippen molar-refractivity contribution in [3.05, 3.63) is 67.7 Å². The zero-order chi connectivity index (χ0) is 20.1. The van der Waals surface area contributed by atoms with E-state index in [9.17, 15) is 14.9 Å². The lowest BCUT2D eigenvalue weighted by atomic mass is 10.1. The molecule has 6 nitrogen and oxygen atoms in total. The van der Waals surface area contributed by atoms with Gasteiger partial charge in [-0.05, 0) is 37.1 Å². The Morgan fingerprint density at radius 1 is 1.07 bits per heavy atom. The van der Waals surface area contributed by atoms with Gasteiger partial charge in [0.2, 0.25) is 0 Å². The molecule has 2 aromatic rings. The molecule has 1 fully saturated rings. The van der Waals surface area contributed by atoms with Gasteiger partial charge in [0.15, 0.2) is 0 Å². The van der Waals surface area contributed by atoms with Gasteiger partial charge in [-0.3, -0.25) is 10.1 Å². The van der Waals surface area contributed by atoms with Crippen molar-refractivity contribution in [3.8, 4) is 0 Å². The average molecular weight is 423 g/mol. The average Bonchev–Trinajstić information content (AvgIpc) is 2.96. The van der Waals surface area contributed by atoms with Gasteiger partial charge >= 0.3 is 5.97 Å². The van der Waals surface area contributed by atoms with Gasteiger partial charge in [0.25, 0.3) is 5.69 Å². The highest BCUT2D eigenvalue weighted by molar-refractivity contribution is 6.35. The first-order valence-corrected chi connectivity index (χ1v) is 9.86. The Morgan fingerprint density at radius 3 is 2.43 bits per heavy atom. The number of carbonyl (C=O) groups is 1. The molecule has 1 aliphatic heterocycles. The van der Waals surface area contributed by atoms with E-state index in [1.54, 1.807) is 30.3 Å². The number of hydrogen-bond donors (Lipinski definition) is 0. The van der Waals surface area contributed by atoms with Crippen LogP contribution in [-0.4, -0.2) is 24.0 Å². The maximum Gasteiger partial charge on any atom is 0.338 e. The molecule has 0 bridgehead atoms. The number of nitro benzene ring substituents is 1. The third-order valence-electron chi connectivity index (χ3n) is 4.73. The monoisotopic (exact) mass is 422 g/mol. The van der Waals surface area contributed by atoms with Gasteiger partial charge in [0.1, 0.15) is 12.3 Å². The molecule has 3 rings (SSSR count). The van der Waals surface area contributed by atoms with Crippen LogP contribution < -0.4 is 4.90 Å². The van der Waals surface area contributed by atoms with Crippen LogP contribution in [0, 0.1) is 10.1 Å². The van der Waals surface area contributed by atoms with Crippen LogP contribution in [0.3, 0.4) is 0 Å². The van der Waals surface area contributed by atoms with Gasteiger partial charge in [-0.1, -0.05) is 42.1 Å². The third-order valence-corrected chi connectivity index (χ3v) is 5.32. The number of nitrogens with zero attached hydrogens (tertiary/aromatic N) is 2. The Morgan fingerprint density at radius 2 is 1.79 bits per heavy atom. The van der Waals surface area contributed by atoms with Gasteiger partial charge in [-0.15, -0.1) is 0 Å². The number of halogens is 2. The standard InChI is InChI=1S/C20H20Cl2N2O4/c21-16-7-5-15(17(22)12-16)13-28-20(25)14-6-8-18(19(11-14)24(26)27)23-9-3-1-2-4-10-23/h5-8,11-12H,1-4,9-10,13H2. The predicted octanol–water partition coefficient (Wildman–Crippen LogP) is 5.64. The smallest absolute Gasteiger partial charge is 0.338 e. The van der Waals surface area contributed by atoms with E-state index in [-0.39, 0.29) is 17.9 Å². The molecule has 0 unspecified atom stereocenters. The van der Waals surface area contributed by atoms with Crippen molar-refractivity contribution in [2.45, 2.75) is 32.3 Å². The zero-order valence-electron chi connectivity index (χ0n) is 15.2. The molecule has 0 spiro atoms. The highest BCUT2D eigenvalue weighted by Crippen LogP contribution is 2.31. The fraction of sp³-hybridized carbons (Fsp3) is 0.350. The first-order valence-electron chi connectivity index (χ1n) is 9.10. The lowest BCUT2D eigenvalue weighted by molar-refractivity contribution is -0.384. The Bertz CT molecular complexity index is 881. The molecular weight excluding hydrogens is 403 g/mol. The van der Waals surface area contributed by atoms with E-state index in [1.165, 1.54) is 6.07 Å². The van der Waals surface area contributed by atoms with Crippen LogP contribution in [0.1, 0.15) is 41.6 Å². The minimum Gasteiger partial charge on any atom is -0.457 e. The van der Waals surface area contributed by atoms with Crippen molar-refractivity contribution >= 4 is 40.5 Å². The summed E-state index contributed by atoms with van der Waals surface area (Å²) in [5, 5.41) is 12.5. The second-order valence-electron chi connectivity index (χ2n) is 6.67. The van der Waals surface area contributed by atoms with Gasteiger partial charge in [0.05, 0.1) is 10.5 Å². The maximum atomic E-state index is 12.4. The van der Waals surface area contributed by atoms with Crippen LogP contribution in [0.25, 0.3) is 0 Å². The largest absolute Gasteiger partial charge is 0.457 e. The molecule has 8 heteroatoms. The maximum absolute atomic E-state index is 12.4. The number of carbonyl (C=O) groups excluding carboxylic acids is 1. The SMILES string of the molecule is O=C(OCc1ccc(Cl)cc1Cl)c1ccc(N2CCCCCC2)c([N+](=O)[O-])c1. The summed E-state index contributed by atoms with van der Waals surface area (Å²) in [5.74, 6) is -0.642. The second-order valence-corrected chi connectivity index (χ2v) is 7.52. The molecule has 0 aliphatic carbocycles. The number of benzene rings is 2. The van der Waals surface area contributed by atoms with Crippen molar-refractivity contribution in [1.29, 1.82) is 0 Å². The van der Waals surface area contributed by atoms with Crippen LogP contribution in [0.15, 0.2) is 36.4 Å². The summed E-state index contributed by atoms with van der Waals surface area (Å²) in [4.78, 5) is 25.5. The van der Waals surface area contributed by atoms with E-state index in [0.29, 0.717) is 21.3 Å². The van der Waals surface area contributed by atoms with E-state index in [2.05, 4.69) is 0 Å². The first kappa shape index (κ1) is 20.4.